The molecule has 2 aliphatic rings. The van der Waals surface area contributed by atoms with Gasteiger partial charge in [-0.2, -0.15) is 5.26 Å². The standard InChI is InChI=1S/C19H22N4O3/c1-13-7-9-22(10-8-13)16(24)12-23-17(25)19(2,21-18(23)26)15-5-3-14(11-20)4-6-15/h3-6,13H,7-10,12H2,1-2H3,(H,21,26). The Morgan fingerprint density at radius 1 is 1.27 bits per heavy atom. The number of imide groups is 1. The van der Waals surface area contributed by atoms with Crippen LogP contribution in [-0.4, -0.2) is 47.3 Å². The van der Waals surface area contributed by atoms with Crippen LogP contribution in [0.4, 0.5) is 4.79 Å². The summed E-state index contributed by atoms with van der Waals surface area (Å²) in [5, 5.41) is 11.6. The molecule has 0 spiro atoms. The fourth-order valence-corrected chi connectivity index (χ4v) is 3.41. The monoisotopic (exact) mass is 354 g/mol. The number of amides is 4. The Hall–Kier alpha value is -2.88. The lowest BCUT2D eigenvalue weighted by molar-refractivity contribution is -0.139. The highest BCUT2D eigenvalue weighted by atomic mass is 16.2. The maximum atomic E-state index is 12.9. The van der Waals surface area contributed by atoms with Gasteiger partial charge in [0.25, 0.3) is 5.91 Å². The van der Waals surface area contributed by atoms with Gasteiger partial charge in [0, 0.05) is 13.1 Å². The van der Waals surface area contributed by atoms with Crippen molar-refractivity contribution in [1.29, 1.82) is 5.26 Å². The Morgan fingerprint density at radius 2 is 1.88 bits per heavy atom. The molecule has 0 bridgehead atoms. The summed E-state index contributed by atoms with van der Waals surface area (Å²) in [7, 11) is 0. The van der Waals surface area contributed by atoms with Crippen molar-refractivity contribution < 1.29 is 14.4 Å². The van der Waals surface area contributed by atoms with Gasteiger partial charge in [-0.05, 0) is 43.4 Å². The zero-order valence-corrected chi connectivity index (χ0v) is 15.0. The minimum absolute atomic E-state index is 0.204. The smallest absolute Gasteiger partial charge is 0.325 e. The van der Waals surface area contributed by atoms with E-state index in [4.69, 9.17) is 5.26 Å². The van der Waals surface area contributed by atoms with Gasteiger partial charge in [0.05, 0.1) is 11.6 Å². The van der Waals surface area contributed by atoms with Crippen LogP contribution < -0.4 is 5.32 Å². The third kappa shape index (κ3) is 3.15. The van der Waals surface area contributed by atoms with Gasteiger partial charge in [0.15, 0.2) is 0 Å². The van der Waals surface area contributed by atoms with Crippen molar-refractivity contribution in [3.05, 3.63) is 35.4 Å². The first-order valence-corrected chi connectivity index (χ1v) is 8.77. The molecule has 2 heterocycles. The van der Waals surface area contributed by atoms with E-state index in [1.807, 2.05) is 6.07 Å². The Labute approximate surface area is 152 Å². The number of hydrogen-bond acceptors (Lipinski definition) is 4. The number of nitrogens with zero attached hydrogens (tertiary/aromatic N) is 3. The van der Waals surface area contributed by atoms with E-state index in [9.17, 15) is 14.4 Å². The van der Waals surface area contributed by atoms with Crippen molar-refractivity contribution in [3.63, 3.8) is 0 Å². The van der Waals surface area contributed by atoms with Crippen LogP contribution in [0.3, 0.4) is 0 Å². The second-order valence-corrected chi connectivity index (χ2v) is 7.20. The van der Waals surface area contributed by atoms with Gasteiger partial charge in [0.2, 0.25) is 5.91 Å². The highest BCUT2D eigenvalue weighted by Gasteiger charge is 2.49. The Kier molecular flexibility index (Phi) is 4.68. The molecule has 1 unspecified atom stereocenters. The number of urea groups is 1. The number of likely N-dealkylation sites (tertiary alicyclic amines) is 1. The van der Waals surface area contributed by atoms with Gasteiger partial charge in [-0.25, -0.2) is 4.79 Å². The lowest BCUT2D eigenvalue weighted by atomic mass is 9.91. The normalized spacial score (nSPS) is 23.7. The van der Waals surface area contributed by atoms with Gasteiger partial charge in [-0.3, -0.25) is 14.5 Å². The lowest BCUT2D eigenvalue weighted by Crippen LogP contribution is -2.46. The molecule has 26 heavy (non-hydrogen) atoms. The Morgan fingerprint density at radius 3 is 2.46 bits per heavy atom. The molecule has 4 amide bonds. The maximum absolute atomic E-state index is 12.9. The van der Waals surface area contributed by atoms with Gasteiger partial charge < -0.3 is 10.2 Å². The van der Waals surface area contributed by atoms with E-state index < -0.39 is 17.5 Å². The zero-order chi connectivity index (χ0) is 18.9. The third-order valence-corrected chi connectivity index (χ3v) is 5.30. The number of carbonyl (C=O) groups is 3. The lowest BCUT2D eigenvalue weighted by Gasteiger charge is -2.31. The fraction of sp³-hybridized carbons (Fsp3) is 0.474. The van der Waals surface area contributed by atoms with Crippen LogP contribution in [0.2, 0.25) is 0 Å². The van der Waals surface area contributed by atoms with E-state index >= 15 is 0 Å². The second-order valence-electron chi connectivity index (χ2n) is 7.20. The van der Waals surface area contributed by atoms with Crippen molar-refractivity contribution in [2.75, 3.05) is 19.6 Å². The van der Waals surface area contributed by atoms with Crippen molar-refractivity contribution in [1.82, 2.24) is 15.1 Å². The summed E-state index contributed by atoms with van der Waals surface area (Å²) in [4.78, 5) is 40.4. The molecule has 0 radical (unpaired) electrons. The van der Waals surface area contributed by atoms with E-state index in [1.165, 1.54) is 0 Å². The molecule has 2 saturated heterocycles. The molecule has 0 aromatic heterocycles. The van der Waals surface area contributed by atoms with Crippen molar-refractivity contribution >= 4 is 17.8 Å². The van der Waals surface area contributed by atoms with Crippen LogP contribution in [0.5, 0.6) is 0 Å². The molecule has 1 atom stereocenters. The summed E-state index contributed by atoms with van der Waals surface area (Å²) in [6.45, 7) is 4.85. The number of nitriles is 1. The van der Waals surface area contributed by atoms with Gasteiger partial charge in [0.1, 0.15) is 12.1 Å². The van der Waals surface area contributed by atoms with E-state index in [0.717, 1.165) is 17.7 Å². The van der Waals surface area contributed by atoms with Crippen molar-refractivity contribution in [2.45, 2.75) is 32.2 Å². The van der Waals surface area contributed by atoms with Crippen LogP contribution in [0, 0.1) is 17.2 Å². The van der Waals surface area contributed by atoms with Crippen molar-refractivity contribution in [3.8, 4) is 6.07 Å². The molecule has 3 rings (SSSR count). The first-order chi connectivity index (χ1) is 12.3. The first-order valence-electron chi connectivity index (χ1n) is 8.77. The number of hydrogen-bond donors (Lipinski definition) is 1. The molecular formula is C19H22N4O3. The predicted molar refractivity (Wildman–Crippen MR) is 93.7 cm³/mol. The summed E-state index contributed by atoms with van der Waals surface area (Å²) >= 11 is 0. The average Bonchev–Trinajstić information content (AvgIpc) is 2.86. The number of nitrogens with one attached hydrogen (secondary N) is 1. The Bertz CT molecular complexity index is 775. The van der Waals surface area contributed by atoms with Crippen LogP contribution in [-0.2, 0) is 15.1 Å². The highest BCUT2D eigenvalue weighted by Crippen LogP contribution is 2.29. The number of carbonyl (C=O) groups excluding carboxylic acids is 3. The van der Waals surface area contributed by atoms with Crippen LogP contribution in [0.15, 0.2) is 24.3 Å². The molecule has 7 heteroatoms. The summed E-state index contributed by atoms with van der Waals surface area (Å²) in [5.74, 6) is -0.0640. The second kappa shape index (κ2) is 6.79. The SMILES string of the molecule is CC1CCN(C(=O)CN2C(=O)NC(C)(c3ccc(C#N)cc3)C2=O)CC1. The molecule has 1 aromatic rings. The molecule has 0 saturated carbocycles. The molecule has 7 nitrogen and oxygen atoms in total. The van der Waals surface area contributed by atoms with Crippen LogP contribution in [0.25, 0.3) is 0 Å². The molecular weight excluding hydrogens is 332 g/mol. The summed E-state index contributed by atoms with van der Waals surface area (Å²) in [6, 6.07) is 7.94. The maximum Gasteiger partial charge on any atom is 0.325 e. The molecule has 1 N–H and O–H groups in total. The van der Waals surface area contributed by atoms with E-state index in [-0.39, 0.29) is 12.5 Å². The average molecular weight is 354 g/mol. The van der Waals surface area contributed by atoms with Gasteiger partial charge in [-0.15, -0.1) is 0 Å². The predicted octanol–water partition coefficient (Wildman–Crippen LogP) is 1.58. The largest absolute Gasteiger partial charge is 0.341 e. The summed E-state index contributed by atoms with van der Waals surface area (Å²) in [5.41, 5.74) is -0.182. The van der Waals surface area contributed by atoms with E-state index in [2.05, 4.69) is 12.2 Å². The molecule has 136 valence electrons. The molecule has 2 fully saturated rings. The van der Waals surface area contributed by atoms with Crippen LogP contribution in [0.1, 0.15) is 37.8 Å². The highest BCUT2D eigenvalue weighted by molar-refractivity contribution is 6.09. The fourth-order valence-electron chi connectivity index (χ4n) is 3.41. The number of benzene rings is 1. The third-order valence-electron chi connectivity index (χ3n) is 5.30. The Balaban J connectivity index is 1.73. The van der Waals surface area contributed by atoms with Crippen LogP contribution >= 0.6 is 0 Å². The summed E-state index contributed by atoms with van der Waals surface area (Å²) in [6.07, 6.45) is 1.88. The minimum Gasteiger partial charge on any atom is -0.341 e. The molecule has 1 aromatic carbocycles. The zero-order valence-electron chi connectivity index (χ0n) is 15.0. The topological polar surface area (TPSA) is 93.5 Å². The first kappa shape index (κ1) is 17.9. The number of piperidine rings is 1. The number of rotatable bonds is 3. The van der Waals surface area contributed by atoms with Gasteiger partial charge in [-0.1, -0.05) is 19.1 Å². The summed E-state index contributed by atoms with van der Waals surface area (Å²) < 4.78 is 0. The molecule has 0 aliphatic carbocycles. The molecule has 2 aliphatic heterocycles. The van der Waals surface area contributed by atoms with E-state index in [0.29, 0.717) is 30.1 Å². The minimum atomic E-state index is -1.23. The quantitative estimate of drug-likeness (QED) is 0.834. The van der Waals surface area contributed by atoms with Crippen molar-refractivity contribution in [2.24, 2.45) is 5.92 Å². The van der Waals surface area contributed by atoms with Gasteiger partial charge >= 0.3 is 6.03 Å². The van der Waals surface area contributed by atoms with E-state index in [1.54, 1.807) is 36.1 Å².